The van der Waals surface area contributed by atoms with Gasteiger partial charge in [0.25, 0.3) is 17.7 Å². The largest absolute Gasteiger partial charge is 0.361 e. The summed E-state index contributed by atoms with van der Waals surface area (Å²) in [6.07, 6.45) is 4.67. The standard InChI is InChI=1S/C33H36N6O6/c1-4-5-14-26(29(40)33(44)35-18-22-11-7-6-8-12-22)37-31(42)27(17-23-19-34-25-15-10-9-13-24(23)25)38-30(41)21(3)36-32(43)28-16-20(2)45-39-28/h6-13,15-17,19,21,26,34H,4-5,14,18H2,1-3H3,(H,35,44)(H,36,43)(H,37,42)(H,38,41)/b27-17+/t21-,26-/m0/s1. The van der Waals surface area contributed by atoms with Crippen molar-refractivity contribution in [3.05, 3.63) is 95.1 Å². The van der Waals surface area contributed by atoms with Crippen molar-refractivity contribution in [2.75, 3.05) is 0 Å². The Hall–Kier alpha value is -5.52. The SMILES string of the molecule is CCCC[C@H](NC(=O)/C(=C\c1c[nH]c2ccccc12)NC(=O)[C@H](C)NC(=O)c1cc(C)on1)C(=O)C(=O)NCc1ccccc1. The van der Waals surface area contributed by atoms with E-state index in [4.69, 9.17) is 4.52 Å². The van der Waals surface area contributed by atoms with E-state index in [1.54, 1.807) is 13.1 Å². The van der Waals surface area contributed by atoms with E-state index in [0.29, 0.717) is 17.7 Å². The molecule has 0 spiro atoms. The molecule has 4 rings (SSSR count). The Morgan fingerprint density at radius 2 is 1.71 bits per heavy atom. The highest BCUT2D eigenvalue weighted by atomic mass is 16.5. The first-order chi connectivity index (χ1) is 21.7. The molecule has 0 radical (unpaired) electrons. The van der Waals surface area contributed by atoms with Crippen molar-refractivity contribution in [2.45, 2.75) is 58.7 Å². The van der Waals surface area contributed by atoms with Gasteiger partial charge in [-0.05, 0) is 38.0 Å². The number of aromatic amines is 1. The van der Waals surface area contributed by atoms with Gasteiger partial charge in [-0.15, -0.1) is 0 Å². The van der Waals surface area contributed by atoms with Crippen molar-refractivity contribution in [3.8, 4) is 0 Å². The number of amides is 4. The fourth-order valence-electron chi connectivity index (χ4n) is 4.51. The molecular formula is C33H36N6O6. The lowest BCUT2D eigenvalue weighted by molar-refractivity contribution is -0.140. The van der Waals surface area contributed by atoms with Crippen LogP contribution < -0.4 is 21.3 Å². The molecule has 0 fully saturated rings. The minimum absolute atomic E-state index is 0.00210. The summed E-state index contributed by atoms with van der Waals surface area (Å²) in [5.41, 5.74) is 2.05. The number of hydrogen-bond acceptors (Lipinski definition) is 7. The molecule has 4 amide bonds. The lowest BCUT2D eigenvalue weighted by Crippen LogP contribution is -2.50. The molecule has 0 aliphatic heterocycles. The molecule has 5 N–H and O–H groups in total. The van der Waals surface area contributed by atoms with Gasteiger partial charge in [-0.3, -0.25) is 24.0 Å². The molecular weight excluding hydrogens is 576 g/mol. The molecule has 2 aromatic carbocycles. The number of Topliss-reactive ketones (excluding diaryl/α,β-unsaturated/α-hetero) is 1. The van der Waals surface area contributed by atoms with Crippen LogP contribution in [0.3, 0.4) is 0 Å². The normalized spacial score (nSPS) is 12.6. The first-order valence-electron chi connectivity index (χ1n) is 14.7. The van der Waals surface area contributed by atoms with E-state index in [1.807, 2.05) is 61.5 Å². The third-order valence-electron chi connectivity index (χ3n) is 7.01. The van der Waals surface area contributed by atoms with E-state index in [-0.39, 0.29) is 24.4 Å². The zero-order valence-electron chi connectivity index (χ0n) is 25.3. The van der Waals surface area contributed by atoms with Crippen LogP contribution in [-0.2, 0) is 25.7 Å². The Labute approximate surface area is 260 Å². The number of ketones is 1. The van der Waals surface area contributed by atoms with Crippen LogP contribution in [0.1, 0.15) is 60.5 Å². The number of aromatic nitrogens is 2. The van der Waals surface area contributed by atoms with E-state index in [1.165, 1.54) is 19.1 Å². The van der Waals surface area contributed by atoms with Gasteiger partial charge in [0.15, 0.2) is 5.69 Å². The van der Waals surface area contributed by atoms with Crippen LogP contribution in [0, 0.1) is 6.92 Å². The first kappa shape index (κ1) is 32.4. The minimum Gasteiger partial charge on any atom is -0.361 e. The van der Waals surface area contributed by atoms with Crippen LogP contribution in [0.2, 0.25) is 0 Å². The molecule has 2 aromatic heterocycles. The van der Waals surface area contributed by atoms with Gasteiger partial charge in [0.1, 0.15) is 17.5 Å². The number of rotatable bonds is 14. The number of unbranched alkanes of at least 4 members (excludes halogenated alkanes) is 1. The number of carbonyl (C=O) groups is 5. The van der Waals surface area contributed by atoms with E-state index in [9.17, 15) is 24.0 Å². The maximum Gasteiger partial charge on any atom is 0.289 e. The lowest BCUT2D eigenvalue weighted by Gasteiger charge is -2.20. The fourth-order valence-corrected chi connectivity index (χ4v) is 4.51. The van der Waals surface area contributed by atoms with Crippen molar-refractivity contribution < 1.29 is 28.5 Å². The quantitative estimate of drug-likeness (QED) is 0.107. The number of H-pyrrole nitrogens is 1. The van der Waals surface area contributed by atoms with Gasteiger partial charge >= 0.3 is 0 Å². The average molecular weight is 613 g/mol. The summed E-state index contributed by atoms with van der Waals surface area (Å²) < 4.78 is 4.92. The van der Waals surface area contributed by atoms with Gasteiger partial charge in [0, 0.05) is 35.3 Å². The molecule has 4 aromatic rings. The van der Waals surface area contributed by atoms with Crippen LogP contribution in [0.15, 0.2) is 77.1 Å². The molecule has 0 saturated carbocycles. The Morgan fingerprint density at radius 3 is 2.42 bits per heavy atom. The topological polar surface area (TPSA) is 175 Å². The van der Waals surface area contributed by atoms with E-state index in [2.05, 4.69) is 31.4 Å². The number of hydrogen-bond donors (Lipinski definition) is 5. The number of nitrogens with zero attached hydrogens (tertiary/aromatic N) is 1. The number of para-hydroxylation sites is 1. The number of nitrogens with one attached hydrogen (secondary N) is 5. The molecule has 0 unspecified atom stereocenters. The molecule has 234 valence electrons. The minimum atomic E-state index is -1.14. The average Bonchev–Trinajstić information content (AvgIpc) is 3.67. The highest BCUT2D eigenvalue weighted by Crippen LogP contribution is 2.20. The first-order valence-corrected chi connectivity index (χ1v) is 14.7. The number of carbonyl (C=O) groups excluding carboxylic acids is 5. The zero-order valence-corrected chi connectivity index (χ0v) is 25.3. The van der Waals surface area contributed by atoms with Crippen molar-refractivity contribution in [2.24, 2.45) is 0 Å². The summed E-state index contributed by atoms with van der Waals surface area (Å²) in [5.74, 6) is -3.29. The number of benzene rings is 2. The molecule has 12 nitrogen and oxygen atoms in total. The Morgan fingerprint density at radius 1 is 0.978 bits per heavy atom. The summed E-state index contributed by atoms with van der Waals surface area (Å²) in [5, 5.41) is 14.8. The molecule has 12 heteroatoms. The monoisotopic (exact) mass is 612 g/mol. The van der Waals surface area contributed by atoms with Gasteiger partial charge < -0.3 is 30.8 Å². The van der Waals surface area contributed by atoms with E-state index in [0.717, 1.165) is 22.9 Å². The fraction of sp³-hybridized carbons (Fsp3) is 0.273. The second-order valence-electron chi connectivity index (χ2n) is 10.6. The summed E-state index contributed by atoms with van der Waals surface area (Å²) >= 11 is 0. The van der Waals surface area contributed by atoms with Crippen LogP contribution in [0.5, 0.6) is 0 Å². The molecule has 2 atom stereocenters. The predicted molar refractivity (Wildman–Crippen MR) is 167 cm³/mol. The highest BCUT2D eigenvalue weighted by Gasteiger charge is 2.29. The second kappa shape index (κ2) is 15.3. The van der Waals surface area contributed by atoms with Crippen molar-refractivity contribution in [1.29, 1.82) is 0 Å². The van der Waals surface area contributed by atoms with Crippen LogP contribution in [0.4, 0.5) is 0 Å². The van der Waals surface area contributed by atoms with Crippen molar-refractivity contribution in [3.63, 3.8) is 0 Å². The summed E-state index contributed by atoms with van der Waals surface area (Å²) in [4.78, 5) is 68.6. The van der Waals surface area contributed by atoms with Gasteiger partial charge in [-0.1, -0.05) is 73.5 Å². The summed E-state index contributed by atoms with van der Waals surface area (Å²) in [6, 6.07) is 15.8. The van der Waals surface area contributed by atoms with Gasteiger partial charge in [-0.25, -0.2) is 0 Å². The van der Waals surface area contributed by atoms with Crippen molar-refractivity contribution >= 4 is 46.4 Å². The van der Waals surface area contributed by atoms with Crippen LogP contribution >= 0.6 is 0 Å². The Kier molecular flexibility index (Phi) is 11.0. The summed E-state index contributed by atoms with van der Waals surface area (Å²) in [6.45, 7) is 5.16. The maximum atomic E-state index is 13.7. The smallest absolute Gasteiger partial charge is 0.289 e. The van der Waals surface area contributed by atoms with E-state index < -0.39 is 41.5 Å². The van der Waals surface area contributed by atoms with Crippen molar-refractivity contribution in [1.82, 2.24) is 31.4 Å². The molecule has 0 saturated heterocycles. The van der Waals surface area contributed by atoms with Crippen LogP contribution in [0.25, 0.3) is 17.0 Å². The molecule has 0 bridgehead atoms. The third kappa shape index (κ3) is 8.75. The Bertz CT molecular complexity index is 1710. The molecule has 2 heterocycles. The summed E-state index contributed by atoms with van der Waals surface area (Å²) in [7, 11) is 0. The predicted octanol–water partition coefficient (Wildman–Crippen LogP) is 3.30. The maximum absolute atomic E-state index is 13.7. The lowest BCUT2D eigenvalue weighted by atomic mass is 10.0. The molecule has 45 heavy (non-hydrogen) atoms. The van der Waals surface area contributed by atoms with Gasteiger partial charge in [-0.2, -0.15) is 0 Å². The molecule has 0 aliphatic rings. The van der Waals surface area contributed by atoms with E-state index >= 15 is 0 Å². The number of aryl methyl sites for hydroxylation is 1. The zero-order chi connectivity index (χ0) is 32.3. The van der Waals surface area contributed by atoms with Gasteiger partial charge in [0.2, 0.25) is 11.7 Å². The van der Waals surface area contributed by atoms with Gasteiger partial charge in [0.05, 0.1) is 6.04 Å². The van der Waals surface area contributed by atoms with Crippen LogP contribution in [-0.4, -0.2) is 51.6 Å². The highest BCUT2D eigenvalue weighted by molar-refractivity contribution is 6.38. The number of fused-ring (bicyclic) bond motifs is 1. The second-order valence-corrected chi connectivity index (χ2v) is 10.6. The Balaban J connectivity index is 1.54. The molecule has 0 aliphatic carbocycles. The third-order valence-corrected chi connectivity index (χ3v) is 7.01.